The Hall–Kier alpha value is -2.44. The third-order valence-corrected chi connectivity index (χ3v) is 4.57. The third-order valence-electron chi connectivity index (χ3n) is 4.57. The Balaban J connectivity index is 1.54. The number of rotatable bonds is 5. The van der Waals surface area contributed by atoms with Crippen LogP contribution in [-0.4, -0.2) is 34.4 Å². The average molecular weight is 328 g/mol. The number of carbonyl (C=O) groups excluding carboxylic acids is 1. The molecule has 3 heterocycles. The lowest BCUT2D eigenvalue weighted by atomic mass is 10.1. The quantitative estimate of drug-likeness (QED) is 0.911. The fraction of sp³-hybridized carbons (Fsp3) is 0.529. The molecule has 126 valence electrons. The molecule has 1 aliphatic heterocycles. The van der Waals surface area contributed by atoms with E-state index in [0.29, 0.717) is 34.8 Å². The first-order valence-electron chi connectivity index (χ1n) is 8.42. The second-order valence-corrected chi connectivity index (χ2v) is 6.47. The molecule has 1 atom stereocenters. The lowest BCUT2D eigenvalue weighted by Gasteiger charge is -2.11. The summed E-state index contributed by atoms with van der Waals surface area (Å²) in [6.07, 6.45) is 3.77. The Morgan fingerprint density at radius 2 is 2.25 bits per heavy atom. The molecule has 2 aliphatic rings. The van der Waals surface area contributed by atoms with Gasteiger partial charge in [-0.25, -0.2) is 4.98 Å². The fourth-order valence-corrected chi connectivity index (χ4v) is 2.99. The number of hydrogen-bond donors (Lipinski definition) is 1. The number of carbonyl (C=O) groups is 1. The van der Waals surface area contributed by atoms with Gasteiger partial charge < -0.3 is 14.7 Å². The molecule has 1 saturated carbocycles. The molecule has 7 nitrogen and oxygen atoms in total. The van der Waals surface area contributed by atoms with Gasteiger partial charge in [-0.2, -0.15) is 0 Å². The number of aryl methyl sites for hydroxylation is 1. The molecule has 24 heavy (non-hydrogen) atoms. The van der Waals surface area contributed by atoms with Crippen molar-refractivity contribution in [1.29, 1.82) is 0 Å². The van der Waals surface area contributed by atoms with Crippen LogP contribution in [0.3, 0.4) is 0 Å². The lowest BCUT2D eigenvalue weighted by Crippen LogP contribution is -2.32. The minimum Gasteiger partial charge on any atom is -0.390 e. The van der Waals surface area contributed by atoms with E-state index in [0.717, 1.165) is 37.1 Å². The van der Waals surface area contributed by atoms with Crippen LogP contribution in [0.2, 0.25) is 0 Å². The minimum absolute atomic E-state index is 0.0901. The number of nitrogens with one attached hydrogen (secondary N) is 1. The largest absolute Gasteiger partial charge is 0.390 e. The molecule has 2 aromatic heterocycles. The maximum atomic E-state index is 12.7. The van der Waals surface area contributed by atoms with Crippen molar-refractivity contribution in [3.8, 4) is 0 Å². The summed E-state index contributed by atoms with van der Waals surface area (Å²) in [7, 11) is 0. The monoisotopic (exact) mass is 328 g/mol. The Labute approximate surface area is 139 Å². The van der Waals surface area contributed by atoms with E-state index < -0.39 is 0 Å². The molecule has 1 N–H and O–H groups in total. The van der Waals surface area contributed by atoms with Crippen LogP contribution in [0.4, 0.5) is 0 Å². The first-order valence-corrected chi connectivity index (χ1v) is 8.42. The van der Waals surface area contributed by atoms with E-state index in [2.05, 4.69) is 20.6 Å². The van der Waals surface area contributed by atoms with Gasteiger partial charge in [-0.05, 0) is 32.3 Å². The van der Waals surface area contributed by atoms with E-state index in [9.17, 15) is 4.79 Å². The summed E-state index contributed by atoms with van der Waals surface area (Å²) in [4.78, 5) is 22.6. The van der Waals surface area contributed by atoms with Crippen molar-refractivity contribution in [3.05, 3.63) is 23.0 Å². The van der Waals surface area contributed by atoms with Crippen molar-refractivity contribution in [1.82, 2.24) is 15.5 Å². The highest BCUT2D eigenvalue weighted by atomic mass is 16.6. The van der Waals surface area contributed by atoms with E-state index >= 15 is 0 Å². The first kappa shape index (κ1) is 15.1. The zero-order valence-corrected chi connectivity index (χ0v) is 13.8. The molecule has 1 aliphatic carbocycles. The van der Waals surface area contributed by atoms with E-state index in [1.165, 1.54) is 0 Å². The van der Waals surface area contributed by atoms with Gasteiger partial charge in [0.05, 0.1) is 28.9 Å². The summed E-state index contributed by atoms with van der Waals surface area (Å²) in [5, 5.41) is 11.6. The van der Waals surface area contributed by atoms with Crippen molar-refractivity contribution in [2.24, 2.45) is 5.16 Å². The summed E-state index contributed by atoms with van der Waals surface area (Å²) in [6.45, 7) is 4.30. The molecule has 1 amide bonds. The molecule has 0 spiro atoms. The molecule has 0 bridgehead atoms. The van der Waals surface area contributed by atoms with Gasteiger partial charge in [-0.3, -0.25) is 4.79 Å². The maximum absolute atomic E-state index is 12.7. The molecule has 0 saturated heterocycles. The topological polar surface area (TPSA) is 89.6 Å². The van der Waals surface area contributed by atoms with Crippen molar-refractivity contribution >= 4 is 22.7 Å². The molecule has 2 aromatic rings. The highest BCUT2D eigenvalue weighted by Crippen LogP contribution is 2.40. The van der Waals surface area contributed by atoms with Crippen LogP contribution in [0.25, 0.3) is 11.1 Å². The van der Waals surface area contributed by atoms with Gasteiger partial charge in [0.15, 0.2) is 0 Å². The lowest BCUT2D eigenvalue weighted by molar-refractivity contribution is 0.0754. The molecular weight excluding hydrogens is 308 g/mol. The van der Waals surface area contributed by atoms with Gasteiger partial charge in [0.1, 0.15) is 6.10 Å². The normalized spacial score (nSPS) is 20.1. The van der Waals surface area contributed by atoms with Gasteiger partial charge in [0.25, 0.3) is 11.6 Å². The minimum atomic E-state index is -0.149. The Morgan fingerprint density at radius 3 is 2.96 bits per heavy atom. The summed E-state index contributed by atoms with van der Waals surface area (Å²) >= 11 is 0. The van der Waals surface area contributed by atoms with E-state index in [-0.39, 0.29) is 12.0 Å². The van der Waals surface area contributed by atoms with Crippen molar-refractivity contribution < 1.29 is 14.2 Å². The zero-order chi connectivity index (χ0) is 16.7. The summed E-state index contributed by atoms with van der Waals surface area (Å²) < 4.78 is 5.28. The van der Waals surface area contributed by atoms with Crippen LogP contribution in [0.15, 0.2) is 15.7 Å². The number of fused-ring (bicyclic) bond motifs is 1. The standard InChI is InChI=1S/C17H20N4O3/c1-3-11-6-12(23-21-11)8-18-16(22)13-7-14(10-4-5-10)19-17-15(13)9(2)20-24-17/h7,10,12H,3-6,8H2,1-2H3,(H,18,22)/t12-/m0/s1. The molecule has 7 heteroatoms. The molecule has 1 fully saturated rings. The van der Waals surface area contributed by atoms with Crippen LogP contribution < -0.4 is 5.32 Å². The number of amides is 1. The fourth-order valence-electron chi connectivity index (χ4n) is 2.99. The molecular formula is C17H20N4O3. The number of aromatic nitrogens is 2. The van der Waals surface area contributed by atoms with E-state index in [1.807, 2.05) is 19.9 Å². The summed E-state index contributed by atoms with van der Waals surface area (Å²) in [6, 6.07) is 1.88. The van der Waals surface area contributed by atoms with Gasteiger partial charge in [-0.1, -0.05) is 17.2 Å². The SMILES string of the molecule is CCC1=NO[C@H](CNC(=O)c2cc(C3CC3)nc3onc(C)c23)C1. The van der Waals surface area contributed by atoms with Crippen LogP contribution in [-0.2, 0) is 4.84 Å². The van der Waals surface area contributed by atoms with E-state index in [4.69, 9.17) is 9.36 Å². The van der Waals surface area contributed by atoms with Crippen molar-refractivity contribution in [3.63, 3.8) is 0 Å². The Bertz CT molecular complexity index is 823. The number of oxime groups is 1. The highest BCUT2D eigenvalue weighted by molar-refractivity contribution is 6.06. The van der Waals surface area contributed by atoms with Crippen LogP contribution in [0, 0.1) is 6.92 Å². The number of hydrogen-bond acceptors (Lipinski definition) is 6. The molecule has 0 aromatic carbocycles. The molecule has 4 rings (SSSR count). The Morgan fingerprint density at radius 1 is 1.42 bits per heavy atom. The second-order valence-electron chi connectivity index (χ2n) is 6.47. The molecule has 0 unspecified atom stereocenters. The smallest absolute Gasteiger partial charge is 0.259 e. The van der Waals surface area contributed by atoms with Gasteiger partial charge in [0, 0.05) is 18.0 Å². The van der Waals surface area contributed by atoms with E-state index in [1.54, 1.807) is 0 Å². The number of nitrogens with zero attached hydrogens (tertiary/aromatic N) is 3. The Kier molecular flexibility index (Phi) is 3.70. The zero-order valence-electron chi connectivity index (χ0n) is 13.8. The van der Waals surface area contributed by atoms with Gasteiger partial charge >= 0.3 is 0 Å². The third kappa shape index (κ3) is 2.74. The van der Waals surface area contributed by atoms with Gasteiger partial charge in [0.2, 0.25) is 0 Å². The number of pyridine rings is 1. The molecule has 0 radical (unpaired) electrons. The predicted octanol–water partition coefficient (Wildman–Crippen LogP) is 2.69. The van der Waals surface area contributed by atoms with Crippen molar-refractivity contribution in [2.75, 3.05) is 6.54 Å². The predicted molar refractivity (Wildman–Crippen MR) is 88.1 cm³/mol. The van der Waals surface area contributed by atoms with Crippen LogP contribution >= 0.6 is 0 Å². The van der Waals surface area contributed by atoms with Crippen LogP contribution in [0.1, 0.15) is 60.3 Å². The average Bonchev–Trinajstić information content (AvgIpc) is 3.24. The van der Waals surface area contributed by atoms with Crippen molar-refractivity contribution in [2.45, 2.75) is 51.6 Å². The summed E-state index contributed by atoms with van der Waals surface area (Å²) in [5.74, 6) is 0.286. The first-order chi connectivity index (χ1) is 11.7. The van der Waals surface area contributed by atoms with Gasteiger partial charge in [-0.15, -0.1) is 0 Å². The second kappa shape index (κ2) is 5.89. The van der Waals surface area contributed by atoms with Crippen LogP contribution in [0.5, 0.6) is 0 Å². The maximum Gasteiger partial charge on any atom is 0.259 e. The highest BCUT2D eigenvalue weighted by Gasteiger charge is 2.29. The summed E-state index contributed by atoms with van der Waals surface area (Å²) in [5.41, 5.74) is 3.65.